The summed E-state index contributed by atoms with van der Waals surface area (Å²) in [6.45, 7) is 8.51. The molecule has 4 N–H and O–H groups in total. The molecule has 2 bridgehead atoms. The molecule has 1 aliphatic heterocycles. The lowest BCUT2D eigenvalue weighted by Gasteiger charge is -2.74. The fourth-order valence-electron chi connectivity index (χ4n) is 8.35. The highest BCUT2D eigenvalue weighted by Gasteiger charge is 2.76. The van der Waals surface area contributed by atoms with E-state index < -0.39 is 12.6 Å². The summed E-state index contributed by atoms with van der Waals surface area (Å²) in [5.41, 5.74) is 9.45. The first-order valence-corrected chi connectivity index (χ1v) is 17.1. The number of aryl methyl sites for hydroxylation is 1. The lowest BCUT2D eigenvalue weighted by atomic mass is 9.29. The Balaban J connectivity index is 0.996. The lowest BCUT2D eigenvalue weighted by Crippen LogP contribution is -2.75. The number of fused-ring (bicyclic) bond motifs is 2. The van der Waals surface area contributed by atoms with Gasteiger partial charge in [0.25, 0.3) is 0 Å². The van der Waals surface area contributed by atoms with Crippen LogP contribution >= 0.6 is 11.3 Å². The van der Waals surface area contributed by atoms with E-state index in [9.17, 15) is 23.2 Å². The average Bonchev–Trinajstić information content (AvgIpc) is 3.60. The zero-order chi connectivity index (χ0) is 33.1. The molecule has 4 heterocycles. The van der Waals surface area contributed by atoms with Crippen molar-refractivity contribution in [2.24, 2.45) is 22.5 Å². The van der Waals surface area contributed by atoms with Crippen molar-refractivity contribution in [3.63, 3.8) is 0 Å². The number of alkyl halides is 3. The van der Waals surface area contributed by atoms with Gasteiger partial charge in [0.05, 0.1) is 17.2 Å². The zero-order valence-corrected chi connectivity index (χ0v) is 27.4. The van der Waals surface area contributed by atoms with Gasteiger partial charge in [0.1, 0.15) is 28.7 Å². The number of nitrogens with one attached hydrogen (secondary N) is 2. The van der Waals surface area contributed by atoms with Gasteiger partial charge in [-0.2, -0.15) is 18.4 Å². The highest BCUT2D eigenvalue weighted by atomic mass is 32.1. The number of rotatable bonds is 10. The molecule has 0 unspecified atom stereocenters. The highest BCUT2D eigenvalue weighted by Crippen LogP contribution is 2.77. The minimum Gasteiger partial charge on any atom is -0.367 e. The van der Waals surface area contributed by atoms with Crippen molar-refractivity contribution in [3.05, 3.63) is 52.3 Å². The minimum absolute atomic E-state index is 0.0366. The molecule has 3 aromatic heterocycles. The SMILES string of the molecule is Cc1c(CN2CCC(Nc3ncnc4sc(CC(F)(F)F)cc34)CC2)ccc2c1cc(C#N)n2CC12CC(C(=O)NCCN)(C1)[C@H]2C. The van der Waals surface area contributed by atoms with Crippen LogP contribution in [0.25, 0.3) is 21.1 Å². The Kier molecular flexibility index (Phi) is 7.96. The van der Waals surface area contributed by atoms with Crippen LogP contribution in [0.15, 0.2) is 30.6 Å². The van der Waals surface area contributed by atoms with Gasteiger partial charge < -0.3 is 20.9 Å². The Morgan fingerprint density at radius 2 is 1.96 bits per heavy atom. The number of hydrogen-bond donors (Lipinski definition) is 3. The topological polar surface area (TPSA) is 125 Å². The second-order valence-electron chi connectivity index (χ2n) is 13.8. The summed E-state index contributed by atoms with van der Waals surface area (Å²) in [6, 6.07) is 10.5. The smallest absolute Gasteiger partial charge is 0.367 e. The van der Waals surface area contributed by atoms with Gasteiger partial charge in [-0.05, 0) is 73.3 Å². The van der Waals surface area contributed by atoms with Crippen LogP contribution in [-0.2, 0) is 24.3 Å². The Morgan fingerprint density at radius 3 is 2.64 bits per heavy atom. The van der Waals surface area contributed by atoms with Crippen LogP contribution in [0.2, 0.25) is 0 Å². The molecule has 4 aliphatic rings. The highest BCUT2D eigenvalue weighted by molar-refractivity contribution is 7.18. The molecular weight excluding hydrogens is 625 g/mol. The molecule has 248 valence electrons. The molecule has 1 saturated heterocycles. The molecule has 9 nitrogen and oxygen atoms in total. The maximum absolute atomic E-state index is 12.9. The van der Waals surface area contributed by atoms with Crippen molar-refractivity contribution < 1.29 is 18.0 Å². The summed E-state index contributed by atoms with van der Waals surface area (Å²) >= 11 is 1.06. The van der Waals surface area contributed by atoms with Crippen LogP contribution in [0.1, 0.15) is 54.3 Å². The standard InChI is InChI=1S/C34H39F3N8OS/c1-20-22(15-44-9-5-23(6-10-44)43-29-27-12-25(13-34(35,36)37)47-30(27)42-19-41-29)3-4-28-26(20)11-24(14-39)45(28)18-32-16-33(17-32,21(32)2)31(46)40-8-7-38/h3-4,11-12,19,21,23H,5-10,13,15-18,38H2,1-2H3,(H,40,46)(H,41,42,43)/t21-,32?,33?/m0/s1. The second-order valence-corrected chi connectivity index (χ2v) is 14.9. The molecule has 4 fully saturated rings. The van der Waals surface area contributed by atoms with Crippen molar-refractivity contribution in [1.29, 1.82) is 5.26 Å². The van der Waals surface area contributed by atoms with Gasteiger partial charge in [0, 0.05) is 61.1 Å². The maximum Gasteiger partial charge on any atom is 0.393 e. The third-order valence-electron chi connectivity index (χ3n) is 11.1. The number of piperidine rings is 1. The molecule has 3 saturated carbocycles. The van der Waals surface area contributed by atoms with Crippen LogP contribution in [0.4, 0.5) is 19.0 Å². The van der Waals surface area contributed by atoms with E-state index in [0.29, 0.717) is 34.8 Å². The number of nitriles is 1. The number of amides is 1. The number of benzene rings is 1. The van der Waals surface area contributed by atoms with E-state index >= 15 is 0 Å². The van der Waals surface area contributed by atoms with Gasteiger partial charge in [-0.1, -0.05) is 13.0 Å². The molecule has 1 aromatic carbocycles. The normalized spacial score (nSPS) is 24.6. The number of halogens is 3. The first-order chi connectivity index (χ1) is 22.4. The Bertz CT molecular complexity index is 1880. The van der Waals surface area contributed by atoms with E-state index in [1.807, 2.05) is 6.07 Å². The monoisotopic (exact) mass is 664 g/mol. The minimum atomic E-state index is -4.26. The van der Waals surface area contributed by atoms with Gasteiger partial charge in [-0.25, -0.2) is 9.97 Å². The number of anilines is 1. The summed E-state index contributed by atoms with van der Waals surface area (Å²) in [5, 5.41) is 18.3. The number of aromatic nitrogens is 3. The summed E-state index contributed by atoms with van der Waals surface area (Å²) in [6.07, 6.45) is -0.357. The van der Waals surface area contributed by atoms with Crippen molar-refractivity contribution >= 4 is 44.2 Å². The predicted octanol–water partition coefficient (Wildman–Crippen LogP) is 5.50. The van der Waals surface area contributed by atoms with Crippen molar-refractivity contribution in [1.82, 2.24) is 24.8 Å². The van der Waals surface area contributed by atoms with Gasteiger partial charge in [0.2, 0.25) is 5.91 Å². The van der Waals surface area contributed by atoms with Crippen LogP contribution in [0.3, 0.4) is 0 Å². The van der Waals surface area contributed by atoms with Crippen LogP contribution in [0.5, 0.6) is 0 Å². The van der Waals surface area contributed by atoms with Crippen LogP contribution in [-0.4, -0.2) is 63.7 Å². The lowest BCUT2D eigenvalue weighted by molar-refractivity contribution is -0.262. The van der Waals surface area contributed by atoms with Crippen molar-refractivity contribution in [2.45, 2.75) is 71.3 Å². The molecular formula is C34H39F3N8OS. The first-order valence-electron chi connectivity index (χ1n) is 16.2. The Morgan fingerprint density at radius 1 is 1.19 bits per heavy atom. The molecule has 1 amide bonds. The van der Waals surface area contributed by atoms with E-state index in [0.717, 1.165) is 74.1 Å². The van der Waals surface area contributed by atoms with Gasteiger partial charge in [-0.15, -0.1) is 11.3 Å². The maximum atomic E-state index is 12.9. The van der Waals surface area contributed by atoms with E-state index in [2.05, 4.69) is 62.1 Å². The van der Waals surface area contributed by atoms with Gasteiger partial charge in [0.15, 0.2) is 0 Å². The van der Waals surface area contributed by atoms with Crippen LogP contribution in [0, 0.1) is 35.0 Å². The number of thiophene rings is 1. The average molecular weight is 665 g/mol. The Labute approximate surface area is 275 Å². The molecule has 8 rings (SSSR count). The quantitative estimate of drug-likeness (QED) is 0.205. The van der Waals surface area contributed by atoms with E-state index in [4.69, 9.17) is 5.73 Å². The number of nitrogens with zero attached hydrogens (tertiary/aromatic N) is 5. The summed E-state index contributed by atoms with van der Waals surface area (Å²) < 4.78 is 41.0. The van der Waals surface area contributed by atoms with Crippen molar-refractivity contribution in [2.75, 3.05) is 31.5 Å². The molecule has 1 atom stereocenters. The molecule has 0 spiro atoms. The summed E-state index contributed by atoms with van der Waals surface area (Å²) in [5.74, 6) is 0.963. The fourth-order valence-corrected chi connectivity index (χ4v) is 9.38. The number of likely N-dealkylation sites (tertiary alicyclic amines) is 1. The molecule has 4 aromatic rings. The summed E-state index contributed by atoms with van der Waals surface area (Å²) in [4.78, 5) is 24.6. The number of hydrogen-bond acceptors (Lipinski definition) is 8. The van der Waals surface area contributed by atoms with E-state index in [1.54, 1.807) is 6.07 Å². The largest absolute Gasteiger partial charge is 0.393 e. The zero-order valence-electron chi connectivity index (χ0n) is 26.6. The van der Waals surface area contributed by atoms with E-state index in [1.165, 1.54) is 17.5 Å². The third-order valence-corrected chi connectivity index (χ3v) is 12.1. The fraction of sp³-hybridized carbons (Fsp3) is 0.529. The van der Waals surface area contributed by atoms with Gasteiger partial charge >= 0.3 is 6.18 Å². The molecule has 47 heavy (non-hydrogen) atoms. The first kappa shape index (κ1) is 31.8. The van der Waals surface area contributed by atoms with E-state index in [-0.39, 0.29) is 33.6 Å². The number of carbonyl (C=O) groups excluding carboxylic acids is 1. The summed E-state index contributed by atoms with van der Waals surface area (Å²) in [7, 11) is 0. The number of nitrogens with two attached hydrogens (primary N) is 1. The Hall–Kier alpha value is -3.73. The predicted molar refractivity (Wildman–Crippen MR) is 176 cm³/mol. The molecule has 0 radical (unpaired) electrons. The van der Waals surface area contributed by atoms with Gasteiger partial charge in [-0.3, -0.25) is 9.69 Å². The van der Waals surface area contributed by atoms with Crippen LogP contribution < -0.4 is 16.4 Å². The second kappa shape index (κ2) is 11.8. The third kappa shape index (κ3) is 5.54. The molecule has 3 aliphatic carbocycles. The number of carbonyl (C=O) groups is 1. The van der Waals surface area contributed by atoms with Crippen molar-refractivity contribution in [3.8, 4) is 6.07 Å². The molecule has 13 heteroatoms.